The second-order valence-corrected chi connectivity index (χ2v) is 5.81. The average Bonchev–Trinajstić information content (AvgIpc) is 2.64. The Morgan fingerprint density at radius 1 is 1.15 bits per heavy atom. The predicted octanol–water partition coefficient (Wildman–Crippen LogP) is 3.49. The smallest absolute Gasteiger partial charge is 0.272 e. The summed E-state index contributed by atoms with van der Waals surface area (Å²) in [4.78, 5) is 24.8. The third kappa shape index (κ3) is 3.93. The number of anilines is 1. The Kier molecular flexibility index (Phi) is 6.16. The van der Waals surface area contributed by atoms with Crippen LogP contribution in [0.25, 0.3) is 0 Å². The lowest BCUT2D eigenvalue weighted by atomic mass is 10.0. The van der Waals surface area contributed by atoms with E-state index in [-0.39, 0.29) is 16.4 Å². The Balaban J connectivity index is 2.32. The van der Waals surface area contributed by atoms with Gasteiger partial charge in [-0.05, 0) is 25.5 Å². The van der Waals surface area contributed by atoms with E-state index in [9.17, 15) is 14.9 Å². The van der Waals surface area contributed by atoms with Gasteiger partial charge >= 0.3 is 0 Å². The Morgan fingerprint density at radius 3 is 2.42 bits per heavy atom. The summed E-state index contributed by atoms with van der Waals surface area (Å²) in [6.07, 6.45) is 0.472. The first-order chi connectivity index (χ1) is 12.4. The van der Waals surface area contributed by atoms with Gasteiger partial charge in [-0.2, -0.15) is 0 Å². The van der Waals surface area contributed by atoms with Crippen molar-refractivity contribution in [3.8, 4) is 11.5 Å². The highest BCUT2D eigenvalue weighted by atomic mass is 16.6. The maximum atomic E-state index is 12.2. The van der Waals surface area contributed by atoms with E-state index in [2.05, 4.69) is 0 Å². The summed E-state index contributed by atoms with van der Waals surface area (Å²) in [5, 5.41) is 11.2. The Labute approximate surface area is 152 Å². The van der Waals surface area contributed by atoms with E-state index in [1.54, 1.807) is 30.3 Å². The minimum atomic E-state index is -0.382. The number of rotatable bonds is 8. The van der Waals surface area contributed by atoms with Crippen molar-refractivity contribution in [1.82, 2.24) is 0 Å². The number of nitro benzene ring substituents is 1. The van der Waals surface area contributed by atoms with Crippen LogP contribution in [0.5, 0.6) is 11.5 Å². The first-order valence-electron chi connectivity index (χ1n) is 8.10. The molecule has 0 radical (unpaired) electrons. The number of carbonyl (C=O) groups is 1. The summed E-state index contributed by atoms with van der Waals surface area (Å²) < 4.78 is 10.6. The molecule has 138 valence electrons. The van der Waals surface area contributed by atoms with Crippen LogP contribution in [0.4, 0.5) is 11.4 Å². The van der Waals surface area contributed by atoms with Crippen LogP contribution >= 0.6 is 0 Å². The van der Waals surface area contributed by atoms with E-state index in [0.717, 1.165) is 0 Å². The van der Waals surface area contributed by atoms with Crippen molar-refractivity contribution in [1.29, 1.82) is 0 Å². The molecule has 0 fully saturated rings. The highest BCUT2D eigenvalue weighted by Crippen LogP contribution is 2.37. The van der Waals surface area contributed by atoms with Crippen LogP contribution in [-0.4, -0.2) is 38.5 Å². The van der Waals surface area contributed by atoms with Gasteiger partial charge in [-0.25, -0.2) is 0 Å². The number of hydrogen-bond donors (Lipinski definition) is 0. The second kappa shape index (κ2) is 8.33. The van der Waals surface area contributed by atoms with E-state index in [4.69, 9.17) is 9.47 Å². The number of ether oxygens (including phenoxy) is 2. The van der Waals surface area contributed by atoms with Crippen molar-refractivity contribution in [2.75, 3.05) is 32.7 Å². The molecule has 2 aromatic carbocycles. The molecule has 0 saturated heterocycles. The first kappa shape index (κ1) is 19.2. The number of nitrogens with zero attached hydrogens (tertiary/aromatic N) is 2. The van der Waals surface area contributed by atoms with E-state index in [1.807, 2.05) is 11.9 Å². The minimum Gasteiger partial charge on any atom is -0.493 e. The number of likely N-dealkylation sites (N-methyl/N-ethyl adjacent to an activating group) is 1. The molecular weight excluding hydrogens is 336 g/mol. The zero-order chi connectivity index (χ0) is 19.3. The third-order valence-electron chi connectivity index (χ3n) is 4.19. The summed E-state index contributed by atoms with van der Waals surface area (Å²) in [7, 11) is 4.84. The summed E-state index contributed by atoms with van der Waals surface area (Å²) in [5.74, 6) is 0.719. The topological polar surface area (TPSA) is 81.9 Å². The number of carbonyl (C=O) groups excluding carboxylic acids is 1. The van der Waals surface area contributed by atoms with Gasteiger partial charge in [-0.15, -0.1) is 0 Å². The van der Waals surface area contributed by atoms with Crippen molar-refractivity contribution in [3.63, 3.8) is 0 Å². The third-order valence-corrected chi connectivity index (χ3v) is 4.19. The molecule has 0 spiro atoms. The first-order valence-corrected chi connectivity index (χ1v) is 8.10. The molecule has 7 heteroatoms. The Bertz CT molecular complexity index is 820. The van der Waals surface area contributed by atoms with Crippen LogP contribution in [0.2, 0.25) is 0 Å². The van der Waals surface area contributed by atoms with E-state index in [1.165, 1.54) is 27.2 Å². The van der Waals surface area contributed by atoms with Gasteiger partial charge < -0.3 is 14.4 Å². The lowest BCUT2D eigenvalue weighted by molar-refractivity contribution is -0.385. The number of hydrogen-bond acceptors (Lipinski definition) is 6. The maximum Gasteiger partial charge on any atom is 0.272 e. The van der Waals surface area contributed by atoms with Crippen LogP contribution in [0, 0.1) is 10.1 Å². The van der Waals surface area contributed by atoms with Gasteiger partial charge in [-0.1, -0.05) is 18.2 Å². The van der Waals surface area contributed by atoms with Crippen LogP contribution < -0.4 is 14.4 Å². The number of para-hydroxylation sites is 1. The Morgan fingerprint density at radius 2 is 1.85 bits per heavy atom. The van der Waals surface area contributed by atoms with Crippen molar-refractivity contribution >= 4 is 17.2 Å². The standard InChI is InChI=1S/C19H22N2O5/c1-13(22)18-16(9-10-17(25-3)19(18)26-4)20(2)12-11-14-7-5-6-8-15(14)21(23)24/h5-10H,11-12H2,1-4H3. The molecule has 0 aliphatic heterocycles. The van der Waals surface area contributed by atoms with Crippen LogP contribution in [0.3, 0.4) is 0 Å². The largest absolute Gasteiger partial charge is 0.493 e. The molecule has 0 bridgehead atoms. The van der Waals surface area contributed by atoms with Crippen LogP contribution in [0.15, 0.2) is 36.4 Å². The van der Waals surface area contributed by atoms with E-state index >= 15 is 0 Å². The molecule has 0 unspecified atom stereocenters. The number of nitro groups is 1. The van der Waals surface area contributed by atoms with Gasteiger partial charge in [0.2, 0.25) is 0 Å². The predicted molar refractivity (Wildman–Crippen MR) is 99.6 cm³/mol. The molecule has 2 rings (SSSR count). The van der Waals surface area contributed by atoms with Gasteiger partial charge in [0.15, 0.2) is 17.3 Å². The van der Waals surface area contributed by atoms with Gasteiger partial charge in [0.25, 0.3) is 5.69 Å². The average molecular weight is 358 g/mol. The lowest BCUT2D eigenvalue weighted by Gasteiger charge is -2.24. The minimum absolute atomic E-state index is 0.0972. The van der Waals surface area contributed by atoms with Gasteiger partial charge in [-0.3, -0.25) is 14.9 Å². The van der Waals surface area contributed by atoms with Crippen molar-refractivity contribution in [2.45, 2.75) is 13.3 Å². The summed E-state index contributed by atoms with van der Waals surface area (Å²) >= 11 is 0. The fraction of sp³-hybridized carbons (Fsp3) is 0.316. The summed E-state index contributed by atoms with van der Waals surface area (Å²) in [5.41, 5.74) is 1.86. The van der Waals surface area contributed by atoms with Gasteiger partial charge in [0.05, 0.1) is 30.4 Å². The molecule has 0 atom stereocenters. The molecule has 2 aromatic rings. The zero-order valence-electron chi connectivity index (χ0n) is 15.3. The molecule has 0 aliphatic carbocycles. The molecule has 0 saturated carbocycles. The van der Waals surface area contributed by atoms with Crippen LogP contribution in [0.1, 0.15) is 22.8 Å². The number of Topliss-reactive ketones (excluding diaryl/α,β-unsaturated/α-hetero) is 1. The fourth-order valence-corrected chi connectivity index (χ4v) is 2.88. The number of ketones is 1. The molecule has 0 aliphatic rings. The monoisotopic (exact) mass is 358 g/mol. The van der Waals surface area contributed by atoms with Gasteiger partial charge in [0.1, 0.15) is 0 Å². The van der Waals surface area contributed by atoms with Crippen molar-refractivity contribution < 1.29 is 19.2 Å². The molecule has 0 heterocycles. The molecular formula is C19H22N2O5. The van der Waals surface area contributed by atoms with Crippen molar-refractivity contribution in [3.05, 3.63) is 57.6 Å². The molecule has 7 nitrogen and oxygen atoms in total. The molecule has 0 N–H and O–H groups in total. The molecule has 26 heavy (non-hydrogen) atoms. The lowest BCUT2D eigenvalue weighted by Crippen LogP contribution is -2.23. The van der Waals surface area contributed by atoms with Crippen LogP contribution in [-0.2, 0) is 6.42 Å². The summed E-state index contributed by atoms with van der Waals surface area (Å²) in [6.45, 7) is 1.97. The highest BCUT2D eigenvalue weighted by molar-refractivity contribution is 6.03. The quantitative estimate of drug-likeness (QED) is 0.408. The van der Waals surface area contributed by atoms with E-state index in [0.29, 0.717) is 41.3 Å². The SMILES string of the molecule is COc1ccc(N(C)CCc2ccccc2[N+](=O)[O-])c(C(C)=O)c1OC. The maximum absolute atomic E-state index is 12.2. The van der Waals surface area contributed by atoms with Gasteiger partial charge in [0, 0.05) is 25.2 Å². The summed E-state index contributed by atoms with van der Waals surface area (Å²) in [6, 6.07) is 10.2. The Hall–Kier alpha value is -3.09. The molecule has 0 amide bonds. The van der Waals surface area contributed by atoms with E-state index < -0.39 is 0 Å². The fourth-order valence-electron chi connectivity index (χ4n) is 2.88. The van der Waals surface area contributed by atoms with Crippen molar-refractivity contribution in [2.24, 2.45) is 0 Å². The zero-order valence-corrected chi connectivity index (χ0v) is 15.3. The molecule has 0 aromatic heterocycles. The highest BCUT2D eigenvalue weighted by Gasteiger charge is 2.21. The second-order valence-electron chi connectivity index (χ2n) is 5.81. The normalized spacial score (nSPS) is 10.3. The number of benzene rings is 2. The number of methoxy groups -OCH3 is 2.